The van der Waals surface area contributed by atoms with Crippen molar-refractivity contribution in [1.82, 2.24) is 4.31 Å². The third kappa shape index (κ3) is 4.52. The van der Waals surface area contributed by atoms with Gasteiger partial charge in [-0.3, -0.25) is 0 Å². The predicted octanol–water partition coefficient (Wildman–Crippen LogP) is 4.05. The first-order chi connectivity index (χ1) is 12.1. The SMILES string of the molecule is Cc1ccc(S(=O)(=O)N2C/C=C\CCCCO[C@@H]3CCCC[C@H]32)cc1. The molecule has 4 nitrogen and oxygen atoms in total. The van der Waals surface area contributed by atoms with Crippen LogP contribution in [0.1, 0.15) is 50.5 Å². The predicted molar refractivity (Wildman–Crippen MR) is 100 cm³/mol. The minimum Gasteiger partial charge on any atom is -0.377 e. The lowest BCUT2D eigenvalue weighted by Gasteiger charge is -2.38. The number of aryl methyl sites for hydroxylation is 1. The van der Waals surface area contributed by atoms with Crippen LogP contribution in [0.25, 0.3) is 0 Å². The topological polar surface area (TPSA) is 46.6 Å². The maximum Gasteiger partial charge on any atom is 0.243 e. The normalized spacial score (nSPS) is 27.9. The van der Waals surface area contributed by atoms with E-state index < -0.39 is 10.0 Å². The lowest BCUT2D eigenvalue weighted by molar-refractivity contribution is -0.0145. The van der Waals surface area contributed by atoms with Gasteiger partial charge in [0.1, 0.15) is 0 Å². The number of allylic oxidation sites excluding steroid dienone is 1. The summed E-state index contributed by atoms with van der Waals surface area (Å²) in [5.41, 5.74) is 1.06. The van der Waals surface area contributed by atoms with Gasteiger partial charge in [-0.25, -0.2) is 8.42 Å². The van der Waals surface area contributed by atoms with Crippen LogP contribution in [0.4, 0.5) is 0 Å². The van der Waals surface area contributed by atoms with E-state index in [2.05, 4.69) is 6.08 Å². The summed E-state index contributed by atoms with van der Waals surface area (Å²) >= 11 is 0. The fourth-order valence-corrected chi connectivity index (χ4v) is 5.38. The number of nitrogens with zero attached hydrogens (tertiary/aromatic N) is 1. The standard InChI is InChI=1S/C20H29NO3S/c1-17-11-13-18(14-12-17)25(22,23)21-15-7-3-2-4-8-16-24-20-10-6-5-9-19(20)21/h3,7,11-14,19-20H,2,4-6,8-10,15-16H2,1H3/b7-3-/t19-,20-/m1/s1. The van der Waals surface area contributed by atoms with Gasteiger partial charge in [-0.15, -0.1) is 0 Å². The lowest BCUT2D eigenvalue weighted by Crippen LogP contribution is -2.49. The van der Waals surface area contributed by atoms with E-state index in [4.69, 9.17) is 4.74 Å². The molecule has 1 aliphatic heterocycles. The highest BCUT2D eigenvalue weighted by Crippen LogP contribution is 2.30. The van der Waals surface area contributed by atoms with Gasteiger partial charge in [0, 0.05) is 13.2 Å². The van der Waals surface area contributed by atoms with E-state index in [9.17, 15) is 8.42 Å². The molecule has 0 N–H and O–H groups in total. The van der Waals surface area contributed by atoms with Crippen LogP contribution in [0.15, 0.2) is 41.3 Å². The lowest BCUT2D eigenvalue weighted by atomic mass is 9.92. The first-order valence-electron chi connectivity index (χ1n) is 9.44. The molecule has 2 aliphatic rings. The van der Waals surface area contributed by atoms with Crippen molar-refractivity contribution in [1.29, 1.82) is 0 Å². The zero-order chi connectivity index (χ0) is 17.7. The van der Waals surface area contributed by atoms with Crippen LogP contribution in [0, 0.1) is 6.92 Å². The van der Waals surface area contributed by atoms with Gasteiger partial charge in [0.15, 0.2) is 0 Å². The second-order valence-electron chi connectivity index (χ2n) is 7.12. The van der Waals surface area contributed by atoms with Crippen LogP contribution in [0.2, 0.25) is 0 Å². The average Bonchev–Trinajstić information content (AvgIpc) is 2.65. The molecule has 0 radical (unpaired) electrons. The van der Waals surface area contributed by atoms with Crippen LogP contribution in [0.3, 0.4) is 0 Å². The molecule has 138 valence electrons. The second kappa shape index (κ2) is 8.47. The minimum absolute atomic E-state index is 0.0143. The molecule has 1 aromatic rings. The first kappa shape index (κ1) is 18.6. The van der Waals surface area contributed by atoms with Crippen molar-refractivity contribution in [3.8, 4) is 0 Å². The van der Waals surface area contributed by atoms with E-state index >= 15 is 0 Å². The van der Waals surface area contributed by atoms with Crippen molar-refractivity contribution >= 4 is 10.0 Å². The van der Waals surface area contributed by atoms with Crippen LogP contribution in [0.5, 0.6) is 0 Å². The number of rotatable bonds is 2. The van der Waals surface area contributed by atoms with Crippen LogP contribution in [-0.2, 0) is 14.8 Å². The molecule has 1 aliphatic carbocycles. The van der Waals surface area contributed by atoms with Crippen molar-refractivity contribution in [2.75, 3.05) is 13.2 Å². The monoisotopic (exact) mass is 363 g/mol. The van der Waals surface area contributed by atoms with E-state index in [1.807, 2.05) is 25.1 Å². The number of sulfonamides is 1. The number of hydrogen-bond acceptors (Lipinski definition) is 3. The molecule has 3 rings (SSSR count). The average molecular weight is 364 g/mol. The van der Waals surface area contributed by atoms with Gasteiger partial charge in [-0.05, 0) is 51.2 Å². The van der Waals surface area contributed by atoms with Gasteiger partial charge in [-0.2, -0.15) is 4.31 Å². The summed E-state index contributed by atoms with van der Waals surface area (Å²) in [6.45, 7) is 3.13. The van der Waals surface area contributed by atoms with Gasteiger partial charge < -0.3 is 4.74 Å². The molecule has 1 aromatic carbocycles. The summed E-state index contributed by atoms with van der Waals surface area (Å²) < 4.78 is 34.5. The van der Waals surface area contributed by atoms with Gasteiger partial charge in [0.05, 0.1) is 17.0 Å². The zero-order valence-electron chi connectivity index (χ0n) is 15.1. The maximum absolute atomic E-state index is 13.3. The van der Waals surface area contributed by atoms with Crippen molar-refractivity contribution in [3.05, 3.63) is 42.0 Å². The molecule has 0 amide bonds. The summed E-state index contributed by atoms with van der Waals surface area (Å²) in [6.07, 6.45) is 11.3. The quantitative estimate of drug-likeness (QED) is 0.745. The summed E-state index contributed by atoms with van der Waals surface area (Å²) in [6, 6.07) is 7.10. The molecule has 5 heteroatoms. The largest absolute Gasteiger partial charge is 0.377 e. The number of hydrogen-bond donors (Lipinski definition) is 0. The van der Waals surface area contributed by atoms with Crippen LogP contribution in [-0.4, -0.2) is 38.0 Å². The molecule has 1 fully saturated rings. The highest BCUT2D eigenvalue weighted by molar-refractivity contribution is 7.89. The van der Waals surface area contributed by atoms with Gasteiger partial charge in [0.2, 0.25) is 10.0 Å². The number of ether oxygens (including phenoxy) is 1. The van der Waals surface area contributed by atoms with E-state index in [0.717, 1.165) is 57.1 Å². The Hall–Kier alpha value is -1.17. The number of benzene rings is 1. The summed E-state index contributed by atoms with van der Waals surface area (Å²) in [4.78, 5) is 0.380. The Morgan fingerprint density at radius 3 is 2.56 bits per heavy atom. The third-order valence-electron chi connectivity index (χ3n) is 5.21. The Morgan fingerprint density at radius 2 is 1.76 bits per heavy atom. The molecular formula is C20H29NO3S. The molecule has 2 atom stereocenters. The summed E-state index contributed by atoms with van der Waals surface area (Å²) in [5, 5.41) is 0. The van der Waals surface area contributed by atoms with Crippen molar-refractivity contribution in [2.24, 2.45) is 0 Å². The summed E-state index contributed by atoms with van der Waals surface area (Å²) in [7, 11) is -3.53. The van der Waals surface area contributed by atoms with E-state index in [0.29, 0.717) is 11.4 Å². The molecule has 0 bridgehead atoms. The van der Waals surface area contributed by atoms with E-state index in [-0.39, 0.29) is 12.1 Å². The number of fused-ring (bicyclic) bond motifs is 1. The zero-order valence-corrected chi connectivity index (χ0v) is 15.9. The smallest absolute Gasteiger partial charge is 0.243 e. The van der Waals surface area contributed by atoms with Crippen molar-refractivity contribution in [3.63, 3.8) is 0 Å². The fraction of sp³-hybridized carbons (Fsp3) is 0.600. The second-order valence-corrected chi connectivity index (χ2v) is 9.01. The molecule has 25 heavy (non-hydrogen) atoms. The third-order valence-corrected chi connectivity index (χ3v) is 7.12. The Bertz CT molecular complexity index is 681. The van der Waals surface area contributed by atoms with Gasteiger partial charge in [-0.1, -0.05) is 42.7 Å². The Balaban J connectivity index is 1.94. The van der Waals surface area contributed by atoms with Crippen LogP contribution < -0.4 is 0 Å². The Morgan fingerprint density at radius 1 is 1.00 bits per heavy atom. The highest BCUT2D eigenvalue weighted by atomic mass is 32.2. The summed E-state index contributed by atoms with van der Waals surface area (Å²) in [5.74, 6) is 0. The molecule has 1 heterocycles. The van der Waals surface area contributed by atoms with Gasteiger partial charge in [0.25, 0.3) is 0 Å². The van der Waals surface area contributed by atoms with Crippen molar-refractivity contribution in [2.45, 2.75) is 68.9 Å². The minimum atomic E-state index is -3.53. The van der Waals surface area contributed by atoms with Crippen molar-refractivity contribution < 1.29 is 13.2 Å². The van der Waals surface area contributed by atoms with E-state index in [1.54, 1.807) is 16.4 Å². The molecule has 0 unspecified atom stereocenters. The highest BCUT2D eigenvalue weighted by Gasteiger charge is 2.37. The molecular weight excluding hydrogens is 334 g/mol. The maximum atomic E-state index is 13.3. The van der Waals surface area contributed by atoms with Gasteiger partial charge >= 0.3 is 0 Å². The molecule has 0 saturated heterocycles. The Labute approximate surface area is 151 Å². The first-order valence-corrected chi connectivity index (χ1v) is 10.9. The fourth-order valence-electron chi connectivity index (χ4n) is 3.75. The van der Waals surface area contributed by atoms with Crippen LogP contribution >= 0.6 is 0 Å². The Kier molecular flexibility index (Phi) is 6.31. The molecule has 0 aromatic heterocycles. The van der Waals surface area contributed by atoms with E-state index in [1.165, 1.54) is 0 Å². The molecule has 0 spiro atoms. The molecule has 1 saturated carbocycles.